The van der Waals surface area contributed by atoms with Crippen molar-refractivity contribution < 1.29 is 18.0 Å². The molecule has 1 fully saturated rings. The number of hydrogen-bond acceptors (Lipinski definition) is 3. The number of nitrogens with zero attached hydrogens (tertiary/aromatic N) is 2. The maximum absolute atomic E-state index is 13.1. The minimum Gasteiger partial charge on any atom is -0.300 e. The van der Waals surface area contributed by atoms with E-state index in [9.17, 15) is 18.0 Å². The van der Waals surface area contributed by atoms with E-state index in [-0.39, 0.29) is 0 Å². The molecule has 26 heavy (non-hydrogen) atoms. The van der Waals surface area contributed by atoms with Crippen molar-refractivity contribution in [2.24, 2.45) is 5.10 Å². The number of rotatable bonds is 2. The van der Waals surface area contributed by atoms with Gasteiger partial charge >= 0.3 is 6.18 Å². The zero-order chi connectivity index (χ0) is 18.5. The molecule has 0 bridgehead atoms. The zero-order valence-corrected chi connectivity index (χ0v) is 14.1. The van der Waals surface area contributed by atoms with Crippen molar-refractivity contribution in [2.75, 3.05) is 4.90 Å². The Morgan fingerprint density at radius 1 is 1.12 bits per heavy atom. The van der Waals surface area contributed by atoms with Crippen molar-refractivity contribution in [3.63, 3.8) is 0 Å². The summed E-state index contributed by atoms with van der Waals surface area (Å²) in [5, 5.41) is 3.93. The van der Waals surface area contributed by atoms with Crippen LogP contribution in [0.1, 0.15) is 18.0 Å². The molecule has 0 saturated carbocycles. The molecule has 2 aliphatic heterocycles. The summed E-state index contributed by atoms with van der Waals surface area (Å²) in [6.45, 7) is 0. The molecule has 1 amide bonds. The number of β-lactam (4-membered cyclic amide) rings is 1. The molecule has 134 valence electrons. The summed E-state index contributed by atoms with van der Waals surface area (Å²) < 4.78 is 39.2. The van der Waals surface area contributed by atoms with Gasteiger partial charge in [-0.3, -0.25) is 15.1 Å². The van der Waals surface area contributed by atoms with Gasteiger partial charge in [-0.15, -0.1) is 0 Å². The smallest absolute Gasteiger partial charge is 0.300 e. The topological polar surface area (TPSA) is 44.7 Å². The highest BCUT2D eigenvalue weighted by Crippen LogP contribution is 2.50. The Hall–Kier alpha value is -2.54. The average Bonchev–Trinajstić information content (AvgIpc) is 3.09. The van der Waals surface area contributed by atoms with E-state index in [1.54, 1.807) is 48.5 Å². The Kier molecular flexibility index (Phi) is 3.73. The van der Waals surface area contributed by atoms with Gasteiger partial charge in [0, 0.05) is 17.1 Å². The Labute approximate surface area is 152 Å². The van der Waals surface area contributed by atoms with Gasteiger partial charge in [0.15, 0.2) is 5.54 Å². The van der Waals surface area contributed by atoms with Gasteiger partial charge in [0.05, 0.1) is 6.04 Å². The first kappa shape index (κ1) is 16.9. The molecule has 2 heterocycles. The summed E-state index contributed by atoms with van der Waals surface area (Å²) >= 11 is 5.90. The molecule has 0 unspecified atom stereocenters. The third kappa shape index (κ3) is 2.46. The highest BCUT2D eigenvalue weighted by Gasteiger charge is 2.66. The average molecular weight is 380 g/mol. The van der Waals surface area contributed by atoms with Crippen LogP contribution >= 0.6 is 11.6 Å². The lowest BCUT2D eigenvalue weighted by Crippen LogP contribution is -2.73. The molecular weight excluding hydrogens is 367 g/mol. The lowest BCUT2D eigenvalue weighted by Gasteiger charge is -2.54. The van der Waals surface area contributed by atoms with Crippen LogP contribution in [0.15, 0.2) is 59.7 Å². The summed E-state index contributed by atoms with van der Waals surface area (Å²) in [7, 11) is 0. The zero-order valence-electron chi connectivity index (χ0n) is 13.3. The van der Waals surface area contributed by atoms with Crippen LogP contribution in [0.25, 0.3) is 0 Å². The molecule has 8 heteroatoms. The van der Waals surface area contributed by atoms with E-state index in [4.69, 9.17) is 11.6 Å². The van der Waals surface area contributed by atoms with Gasteiger partial charge in [0.1, 0.15) is 5.71 Å². The summed E-state index contributed by atoms with van der Waals surface area (Å²) in [5.74, 6) is -0.448. The van der Waals surface area contributed by atoms with Gasteiger partial charge in [-0.2, -0.15) is 18.3 Å². The van der Waals surface area contributed by atoms with E-state index >= 15 is 0 Å². The number of carbonyl (C=O) groups excluding carboxylic acids is 1. The predicted octanol–water partition coefficient (Wildman–Crippen LogP) is 4.08. The third-order valence-corrected chi connectivity index (χ3v) is 4.96. The van der Waals surface area contributed by atoms with Crippen LogP contribution in [0.3, 0.4) is 0 Å². The lowest BCUT2D eigenvalue weighted by atomic mass is 9.72. The second-order valence-corrected chi connectivity index (χ2v) is 6.72. The Bertz CT molecular complexity index is 883. The minimum atomic E-state index is -4.57. The normalized spacial score (nSPS) is 25.1. The first-order valence-electron chi connectivity index (χ1n) is 7.88. The molecule has 1 saturated heterocycles. The molecule has 1 N–H and O–H groups in total. The van der Waals surface area contributed by atoms with Gasteiger partial charge in [0.25, 0.3) is 5.91 Å². The minimum absolute atomic E-state index is 0.448. The fourth-order valence-corrected chi connectivity index (χ4v) is 3.62. The van der Waals surface area contributed by atoms with E-state index < -0.39 is 35.8 Å². The van der Waals surface area contributed by atoms with Gasteiger partial charge in [-0.25, -0.2) is 0 Å². The molecule has 2 aromatic rings. The number of halogens is 4. The molecule has 2 aliphatic rings. The van der Waals surface area contributed by atoms with Crippen LogP contribution in [0.2, 0.25) is 5.02 Å². The highest BCUT2D eigenvalue weighted by atomic mass is 35.5. The summed E-state index contributed by atoms with van der Waals surface area (Å²) in [5.41, 5.74) is 1.39. The Balaban J connectivity index is 1.74. The Morgan fingerprint density at radius 3 is 2.35 bits per heavy atom. The largest absolute Gasteiger partial charge is 0.431 e. The summed E-state index contributed by atoms with van der Waals surface area (Å²) in [4.78, 5) is 14.4. The second-order valence-electron chi connectivity index (χ2n) is 6.28. The summed E-state index contributed by atoms with van der Waals surface area (Å²) in [6.07, 6.45) is -5.07. The first-order valence-corrected chi connectivity index (χ1v) is 8.26. The first-order chi connectivity index (χ1) is 12.3. The molecule has 1 spiro atoms. The van der Waals surface area contributed by atoms with Crippen molar-refractivity contribution in [2.45, 2.75) is 24.2 Å². The maximum Gasteiger partial charge on any atom is 0.431 e. The second kappa shape index (κ2) is 5.74. The highest BCUT2D eigenvalue weighted by molar-refractivity contribution is 6.30. The van der Waals surface area contributed by atoms with Gasteiger partial charge in [-0.05, 0) is 29.8 Å². The molecule has 4 rings (SSSR count). The van der Waals surface area contributed by atoms with E-state index in [0.29, 0.717) is 10.7 Å². The van der Waals surface area contributed by atoms with Crippen LogP contribution in [0, 0.1) is 0 Å². The third-order valence-electron chi connectivity index (χ3n) is 4.71. The molecule has 2 aromatic carbocycles. The number of alkyl halides is 3. The number of amides is 1. The van der Waals surface area contributed by atoms with Crippen molar-refractivity contribution >= 4 is 28.9 Å². The summed E-state index contributed by atoms with van der Waals surface area (Å²) in [6, 6.07) is 15.0. The Morgan fingerprint density at radius 2 is 1.77 bits per heavy atom. The lowest BCUT2D eigenvalue weighted by molar-refractivity contribution is -0.134. The number of hydrazone groups is 1. The molecule has 4 nitrogen and oxygen atoms in total. The quantitative estimate of drug-likeness (QED) is 0.799. The standard InChI is InChI=1S/C18H13ClF3N3O/c19-12-6-8-13(9-7-12)25-15(11-4-2-1-3-5-11)17(16(25)26)10-14(23-24-17)18(20,21)22/h1-9,15,24H,10H2/t15-,17-/m1/s1. The van der Waals surface area contributed by atoms with Crippen molar-refractivity contribution in [3.05, 3.63) is 65.2 Å². The molecular formula is C18H13ClF3N3O. The monoisotopic (exact) mass is 379 g/mol. The molecule has 2 atom stereocenters. The van der Waals surface area contributed by atoms with E-state index in [0.717, 1.165) is 5.56 Å². The maximum atomic E-state index is 13.1. The molecule has 0 aromatic heterocycles. The number of hydrogen-bond donors (Lipinski definition) is 1. The van der Waals surface area contributed by atoms with Crippen LogP contribution in [-0.2, 0) is 4.79 Å². The van der Waals surface area contributed by atoms with E-state index in [2.05, 4.69) is 10.5 Å². The fraction of sp³-hybridized carbons (Fsp3) is 0.222. The van der Waals surface area contributed by atoms with E-state index in [1.165, 1.54) is 4.90 Å². The SMILES string of the molecule is O=C1N(c2ccc(Cl)cc2)[C@H](c2ccccc2)[C@]12CC(C(F)(F)F)=NN2. The van der Waals surface area contributed by atoms with E-state index in [1.807, 2.05) is 6.07 Å². The van der Waals surface area contributed by atoms with Crippen molar-refractivity contribution in [1.82, 2.24) is 5.43 Å². The van der Waals surface area contributed by atoms with Gasteiger partial charge < -0.3 is 0 Å². The van der Waals surface area contributed by atoms with Crippen LogP contribution in [-0.4, -0.2) is 23.3 Å². The van der Waals surface area contributed by atoms with Crippen LogP contribution < -0.4 is 10.3 Å². The van der Waals surface area contributed by atoms with Gasteiger partial charge in [0.2, 0.25) is 0 Å². The molecule has 0 radical (unpaired) electrons. The molecule has 0 aliphatic carbocycles. The number of nitrogens with one attached hydrogen (secondary N) is 1. The van der Waals surface area contributed by atoms with Crippen molar-refractivity contribution in [3.8, 4) is 0 Å². The van der Waals surface area contributed by atoms with Gasteiger partial charge in [-0.1, -0.05) is 41.9 Å². The fourth-order valence-electron chi connectivity index (χ4n) is 3.50. The predicted molar refractivity (Wildman–Crippen MR) is 92.1 cm³/mol. The number of benzene rings is 2. The number of anilines is 1. The van der Waals surface area contributed by atoms with Crippen LogP contribution in [0.5, 0.6) is 0 Å². The number of carbonyl (C=O) groups is 1. The van der Waals surface area contributed by atoms with Crippen molar-refractivity contribution in [1.29, 1.82) is 0 Å². The van der Waals surface area contributed by atoms with Crippen LogP contribution in [0.4, 0.5) is 18.9 Å².